The molecule has 1 saturated heterocycles. The standard InChI is InChI=1S/C22H29N3O3/c1-2-23-22(27)25-14-12-24(13-15-25)16-20(26)17-28-21-10-8-19(9-11-21)18-6-4-3-5-7-18/h3-11,20,26H,2,12-17H2,1H3,(H,23,27). The molecule has 0 bridgehead atoms. The Kier molecular flexibility index (Phi) is 7.28. The molecule has 1 aliphatic heterocycles. The SMILES string of the molecule is CCNC(=O)N1CCN(CC(O)COc2ccc(-c3ccccc3)cc2)CC1. The van der Waals surface area contributed by atoms with E-state index in [9.17, 15) is 9.90 Å². The third-order valence-corrected chi connectivity index (χ3v) is 4.86. The number of hydrogen-bond acceptors (Lipinski definition) is 4. The zero-order chi connectivity index (χ0) is 19.8. The maximum atomic E-state index is 11.8. The van der Waals surface area contributed by atoms with Crippen molar-refractivity contribution in [1.29, 1.82) is 0 Å². The fraction of sp³-hybridized carbons (Fsp3) is 0.409. The van der Waals surface area contributed by atoms with Gasteiger partial charge in [0, 0.05) is 39.3 Å². The van der Waals surface area contributed by atoms with Gasteiger partial charge >= 0.3 is 6.03 Å². The molecule has 1 atom stereocenters. The highest BCUT2D eigenvalue weighted by molar-refractivity contribution is 5.74. The normalized spacial score (nSPS) is 15.9. The number of urea groups is 1. The second-order valence-electron chi connectivity index (χ2n) is 6.98. The summed E-state index contributed by atoms with van der Waals surface area (Å²) in [6.07, 6.45) is -0.565. The number of aliphatic hydroxyl groups excluding tert-OH is 1. The summed E-state index contributed by atoms with van der Waals surface area (Å²) in [6.45, 7) is 6.24. The van der Waals surface area contributed by atoms with Gasteiger partial charge < -0.3 is 20.1 Å². The number of carbonyl (C=O) groups is 1. The van der Waals surface area contributed by atoms with Gasteiger partial charge in [-0.25, -0.2) is 4.79 Å². The van der Waals surface area contributed by atoms with E-state index in [1.165, 1.54) is 5.56 Å². The van der Waals surface area contributed by atoms with E-state index in [2.05, 4.69) is 22.3 Å². The Hall–Kier alpha value is -2.57. The van der Waals surface area contributed by atoms with Crippen LogP contribution in [-0.2, 0) is 0 Å². The van der Waals surface area contributed by atoms with Gasteiger partial charge in [-0.15, -0.1) is 0 Å². The van der Waals surface area contributed by atoms with Crippen molar-refractivity contribution in [1.82, 2.24) is 15.1 Å². The van der Waals surface area contributed by atoms with Gasteiger partial charge in [-0.2, -0.15) is 0 Å². The number of nitrogens with one attached hydrogen (secondary N) is 1. The summed E-state index contributed by atoms with van der Waals surface area (Å²) in [4.78, 5) is 15.8. The summed E-state index contributed by atoms with van der Waals surface area (Å²) in [6, 6.07) is 18.1. The molecule has 0 aromatic heterocycles. The molecule has 6 nitrogen and oxygen atoms in total. The van der Waals surface area contributed by atoms with E-state index >= 15 is 0 Å². The van der Waals surface area contributed by atoms with Crippen LogP contribution in [0.5, 0.6) is 5.75 Å². The molecule has 1 aliphatic rings. The molecule has 2 aromatic carbocycles. The molecule has 1 fully saturated rings. The zero-order valence-corrected chi connectivity index (χ0v) is 16.4. The largest absolute Gasteiger partial charge is 0.491 e. The fourth-order valence-electron chi connectivity index (χ4n) is 3.31. The third kappa shape index (κ3) is 5.71. The number of hydrogen-bond donors (Lipinski definition) is 2. The Bertz CT molecular complexity index is 728. The van der Waals surface area contributed by atoms with E-state index in [4.69, 9.17) is 4.74 Å². The number of aliphatic hydroxyl groups is 1. The number of ether oxygens (including phenoxy) is 1. The van der Waals surface area contributed by atoms with Gasteiger partial charge in [0.05, 0.1) is 0 Å². The first-order valence-corrected chi connectivity index (χ1v) is 9.87. The second kappa shape index (κ2) is 10.1. The average molecular weight is 383 g/mol. The number of benzene rings is 2. The highest BCUT2D eigenvalue weighted by Gasteiger charge is 2.22. The zero-order valence-electron chi connectivity index (χ0n) is 16.4. The summed E-state index contributed by atoms with van der Waals surface area (Å²) in [5.74, 6) is 0.750. The van der Waals surface area contributed by atoms with Gasteiger partial charge in [0.1, 0.15) is 18.5 Å². The van der Waals surface area contributed by atoms with Crippen LogP contribution in [0.3, 0.4) is 0 Å². The first-order valence-electron chi connectivity index (χ1n) is 9.87. The van der Waals surface area contributed by atoms with Crippen LogP contribution < -0.4 is 10.1 Å². The number of amides is 2. The van der Waals surface area contributed by atoms with Gasteiger partial charge in [0.15, 0.2) is 0 Å². The van der Waals surface area contributed by atoms with Crippen molar-refractivity contribution < 1.29 is 14.6 Å². The third-order valence-electron chi connectivity index (χ3n) is 4.86. The topological polar surface area (TPSA) is 65.0 Å². The molecule has 0 spiro atoms. The highest BCUT2D eigenvalue weighted by atomic mass is 16.5. The smallest absolute Gasteiger partial charge is 0.317 e. The van der Waals surface area contributed by atoms with E-state index in [0.29, 0.717) is 26.2 Å². The number of carbonyl (C=O) groups excluding carboxylic acids is 1. The maximum Gasteiger partial charge on any atom is 0.317 e. The summed E-state index contributed by atoms with van der Waals surface area (Å²) in [5, 5.41) is 13.1. The van der Waals surface area contributed by atoms with E-state index < -0.39 is 6.10 Å². The van der Waals surface area contributed by atoms with Gasteiger partial charge in [-0.05, 0) is 30.2 Å². The molecule has 0 saturated carbocycles. The molecule has 1 heterocycles. The molecule has 1 unspecified atom stereocenters. The highest BCUT2D eigenvalue weighted by Crippen LogP contribution is 2.22. The van der Waals surface area contributed by atoms with Crippen LogP contribution in [0, 0.1) is 0 Å². The van der Waals surface area contributed by atoms with Crippen LogP contribution in [0.25, 0.3) is 11.1 Å². The Morgan fingerprint density at radius 1 is 1.04 bits per heavy atom. The van der Waals surface area contributed by atoms with Crippen molar-refractivity contribution in [3.05, 3.63) is 54.6 Å². The van der Waals surface area contributed by atoms with Crippen LogP contribution >= 0.6 is 0 Å². The first kappa shape index (κ1) is 20.2. The van der Waals surface area contributed by atoms with E-state index in [1.54, 1.807) is 0 Å². The molecule has 2 aromatic rings. The molecule has 0 aliphatic carbocycles. The first-order chi connectivity index (χ1) is 13.7. The van der Waals surface area contributed by atoms with E-state index in [-0.39, 0.29) is 12.6 Å². The minimum atomic E-state index is -0.565. The van der Waals surface area contributed by atoms with Crippen molar-refractivity contribution in [2.75, 3.05) is 45.9 Å². The van der Waals surface area contributed by atoms with E-state index in [1.807, 2.05) is 54.3 Å². The van der Waals surface area contributed by atoms with Gasteiger partial charge in [-0.1, -0.05) is 42.5 Å². The van der Waals surface area contributed by atoms with Crippen molar-refractivity contribution in [3.63, 3.8) is 0 Å². The Morgan fingerprint density at radius 3 is 2.32 bits per heavy atom. The van der Waals surface area contributed by atoms with E-state index in [0.717, 1.165) is 24.4 Å². The second-order valence-corrected chi connectivity index (χ2v) is 6.98. The minimum absolute atomic E-state index is 0.00928. The minimum Gasteiger partial charge on any atom is -0.491 e. The van der Waals surface area contributed by atoms with Crippen LogP contribution in [0.15, 0.2) is 54.6 Å². The molecule has 2 amide bonds. The Balaban J connectivity index is 1.40. The lowest BCUT2D eigenvalue weighted by Gasteiger charge is -2.35. The number of rotatable bonds is 7. The van der Waals surface area contributed by atoms with Crippen molar-refractivity contribution >= 4 is 6.03 Å². The predicted octanol–water partition coefficient (Wildman–Crippen LogP) is 2.44. The van der Waals surface area contributed by atoms with Crippen LogP contribution in [-0.4, -0.2) is 72.9 Å². The molecule has 3 rings (SSSR count). The molecule has 6 heteroatoms. The molecule has 2 N–H and O–H groups in total. The number of piperazine rings is 1. The van der Waals surface area contributed by atoms with Crippen LogP contribution in [0.1, 0.15) is 6.92 Å². The lowest BCUT2D eigenvalue weighted by Crippen LogP contribution is -2.53. The molecule has 150 valence electrons. The lowest BCUT2D eigenvalue weighted by molar-refractivity contribution is 0.0516. The monoisotopic (exact) mass is 383 g/mol. The molecule has 28 heavy (non-hydrogen) atoms. The lowest BCUT2D eigenvalue weighted by atomic mass is 10.1. The van der Waals surface area contributed by atoms with Crippen molar-refractivity contribution in [2.45, 2.75) is 13.0 Å². The van der Waals surface area contributed by atoms with Crippen molar-refractivity contribution in [3.8, 4) is 16.9 Å². The molecular weight excluding hydrogens is 354 g/mol. The molecule has 0 radical (unpaired) electrons. The van der Waals surface area contributed by atoms with Crippen molar-refractivity contribution in [2.24, 2.45) is 0 Å². The Morgan fingerprint density at radius 2 is 1.68 bits per heavy atom. The van der Waals surface area contributed by atoms with Gasteiger partial charge in [0.25, 0.3) is 0 Å². The molecular formula is C22H29N3O3. The summed E-state index contributed by atoms with van der Waals surface area (Å²) in [5.41, 5.74) is 2.30. The summed E-state index contributed by atoms with van der Waals surface area (Å²) >= 11 is 0. The fourth-order valence-corrected chi connectivity index (χ4v) is 3.31. The van der Waals surface area contributed by atoms with Crippen LogP contribution in [0.2, 0.25) is 0 Å². The van der Waals surface area contributed by atoms with Crippen LogP contribution in [0.4, 0.5) is 4.79 Å². The summed E-state index contributed by atoms with van der Waals surface area (Å²) in [7, 11) is 0. The van der Waals surface area contributed by atoms with Gasteiger partial charge in [-0.3, -0.25) is 4.90 Å². The average Bonchev–Trinajstić information content (AvgIpc) is 2.74. The Labute approximate surface area is 166 Å². The summed E-state index contributed by atoms with van der Waals surface area (Å²) < 4.78 is 5.74. The number of nitrogens with zero attached hydrogens (tertiary/aromatic N) is 2. The predicted molar refractivity (Wildman–Crippen MR) is 110 cm³/mol. The maximum absolute atomic E-state index is 11.8. The number of β-amino-alcohol motifs (C(OH)–C–C–N with tert-alkyl or cyclic N) is 1. The van der Waals surface area contributed by atoms with Gasteiger partial charge in [0.2, 0.25) is 0 Å². The quantitative estimate of drug-likeness (QED) is 0.771.